The molecule has 1 unspecified atom stereocenters. The van der Waals surface area contributed by atoms with Gasteiger partial charge in [0, 0.05) is 23.6 Å². The molecule has 0 spiro atoms. The Kier molecular flexibility index (Phi) is 3.26. The van der Waals surface area contributed by atoms with Gasteiger partial charge < -0.3 is 5.11 Å². The summed E-state index contributed by atoms with van der Waals surface area (Å²) in [5.41, 5.74) is 2.43. The molecule has 0 saturated heterocycles. The van der Waals surface area contributed by atoms with Crippen LogP contribution < -0.4 is 0 Å². The van der Waals surface area contributed by atoms with Crippen LogP contribution in [0.5, 0.6) is 0 Å². The standard InChI is InChI=1S/C11H13N3OS/c1-7-5-9(8(2)14-13-7)10(15)6-11-12-3-4-16-11/h3-5,10,15H,6H2,1-2H3. The molecule has 0 bridgehead atoms. The van der Waals surface area contributed by atoms with Crippen molar-refractivity contribution in [3.63, 3.8) is 0 Å². The van der Waals surface area contributed by atoms with Crippen molar-refractivity contribution in [2.45, 2.75) is 26.4 Å². The van der Waals surface area contributed by atoms with Crippen LogP contribution in [-0.4, -0.2) is 20.3 Å². The fourth-order valence-electron chi connectivity index (χ4n) is 1.54. The van der Waals surface area contributed by atoms with Gasteiger partial charge in [0.1, 0.15) is 0 Å². The highest BCUT2D eigenvalue weighted by atomic mass is 32.1. The van der Waals surface area contributed by atoms with Crippen LogP contribution >= 0.6 is 11.3 Å². The molecule has 0 aliphatic carbocycles. The number of thiazole rings is 1. The minimum Gasteiger partial charge on any atom is -0.388 e. The molecular weight excluding hydrogens is 222 g/mol. The van der Waals surface area contributed by atoms with Gasteiger partial charge >= 0.3 is 0 Å². The Morgan fingerprint density at radius 2 is 2.19 bits per heavy atom. The Bertz CT molecular complexity index is 470. The van der Waals surface area contributed by atoms with Gasteiger partial charge in [0.05, 0.1) is 22.5 Å². The summed E-state index contributed by atoms with van der Waals surface area (Å²) < 4.78 is 0. The molecule has 0 aliphatic rings. The molecule has 1 atom stereocenters. The van der Waals surface area contributed by atoms with Gasteiger partial charge in [-0.05, 0) is 19.9 Å². The molecule has 84 valence electrons. The minimum atomic E-state index is -0.555. The molecule has 0 saturated carbocycles. The van der Waals surface area contributed by atoms with E-state index in [1.807, 2.05) is 25.3 Å². The summed E-state index contributed by atoms with van der Waals surface area (Å²) in [6, 6.07) is 1.88. The predicted molar refractivity (Wildman–Crippen MR) is 62.3 cm³/mol. The van der Waals surface area contributed by atoms with Crippen molar-refractivity contribution < 1.29 is 5.11 Å². The molecule has 4 nitrogen and oxygen atoms in total. The fraction of sp³-hybridized carbons (Fsp3) is 0.364. The number of aliphatic hydroxyl groups excluding tert-OH is 1. The van der Waals surface area contributed by atoms with Crippen molar-refractivity contribution in [3.05, 3.63) is 39.6 Å². The predicted octanol–water partition coefficient (Wildman–Crippen LogP) is 1.83. The second-order valence-electron chi connectivity index (χ2n) is 3.67. The zero-order chi connectivity index (χ0) is 11.5. The van der Waals surface area contributed by atoms with E-state index in [0.29, 0.717) is 6.42 Å². The molecule has 0 aliphatic heterocycles. The first-order chi connectivity index (χ1) is 7.66. The average Bonchev–Trinajstić information content (AvgIpc) is 2.74. The molecule has 0 fully saturated rings. The van der Waals surface area contributed by atoms with Gasteiger partial charge in [0.15, 0.2) is 0 Å². The topological polar surface area (TPSA) is 58.9 Å². The summed E-state index contributed by atoms with van der Waals surface area (Å²) in [6.07, 6.45) is 1.72. The van der Waals surface area contributed by atoms with Crippen molar-refractivity contribution in [2.24, 2.45) is 0 Å². The average molecular weight is 235 g/mol. The van der Waals surface area contributed by atoms with E-state index in [2.05, 4.69) is 15.2 Å². The monoisotopic (exact) mass is 235 g/mol. The summed E-state index contributed by atoms with van der Waals surface area (Å²) in [4.78, 5) is 4.16. The second kappa shape index (κ2) is 4.67. The van der Waals surface area contributed by atoms with Crippen LogP contribution in [0.4, 0.5) is 0 Å². The van der Waals surface area contributed by atoms with Gasteiger partial charge in [-0.2, -0.15) is 10.2 Å². The number of hydrogen-bond donors (Lipinski definition) is 1. The van der Waals surface area contributed by atoms with E-state index >= 15 is 0 Å². The summed E-state index contributed by atoms with van der Waals surface area (Å²) in [5, 5.41) is 20.9. The van der Waals surface area contributed by atoms with Crippen molar-refractivity contribution in [3.8, 4) is 0 Å². The van der Waals surface area contributed by atoms with Crippen LogP contribution in [0.1, 0.15) is 28.1 Å². The minimum absolute atomic E-state index is 0.531. The fourth-order valence-corrected chi connectivity index (χ4v) is 2.19. The Hall–Kier alpha value is -1.33. The number of rotatable bonds is 3. The lowest BCUT2D eigenvalue weighted by molar-refractivity contribution is 0.176. The molecule has 16 heavy (non-hydrogen) atoms. The second-order valence-corrected chi connectivity index (χ2v) is 4.65. The van der Waals surface area contributed by atoms with Crippen LogP contribution in [0.3, 0.4) is 0 Å². The third-order valence-corrected chi connectivity index (χ3v) is 3.15. The number of nitrogens with zero attached hydrogens (tertiary/aromatic N) is 3. The maximum atomic E-state index is 10.1. The maximum absolute atomic E-state index is 10.1. The van der Waals surface area contributed by atoms with Crippen molar-refractivity contribution in [1.29, 1.82) is 0 Å². The van der Waals surface area contributed by atoms with Crippen molar-refractivity contribution >= 4 is 11.3 Å². The zero-order valence-electron chi connectivity index (χ0n) is 9.21. The zero-order valence-corrected chi connectivity index (χ0v) is 10.0. The SMILES string of the molecule is Cc1cc(C(O)Cc2nccs2)c(C)nn1. The highest BCUT2D eigenvalue weighted by Gasteiger charge is 2.14. The Morgan fingerprint density at radius 1 is 1.38 bits per heavy atom. The lowest BCUT2D eigenvalue weighted by Crippen LogP contribution is -2.06. The number of aliphatic hydroxyl groups is 1. The van der Waals surface area contributed by atoms with Crippen molar-refractivity contribution in [1.82, 2.24) is 15.2 Å². The molecule has 0 radical (unpaired) electrons. The number of hydrogen-bond acceptors (Lipinski definition) is 5. The first kappa shape index (κ1) is 11.2. The van der Waals surface area contributed by atoms with E-state index in [1.165, 1.54) is 0 Å². The van der Waals surface area contributed by atoms with Crippen LogP contribution in [-0.2, 0) is 6.42 Å². The van der Waals surface area contributed by atoms with Gasteiger partial charge in [-0.25, -0.2) is 4.98 Å². The molecule has 2 heterocycles. The molecular formula is C11H13N3OS. The van der Waals surface area contributed by atoms with Gasteiger partial charge in [-0.15, -0.1) is 11.3 Å². The molecule has 0 amide bonds. The van der Waals surface area contributed by atoms with Gasteiger partial charge in [-0.1, -0.05) is 0 Å². The Morgan fingerprint density at radius 3 is 2.88 bits per heavy atom. The summed E-state index contributed by atoms with van der Waals surface area (Å²) in [5.74, 6) is 0. The lowest BCUT2D eigenvalue weighted by Gasteiger charge is -2.11. The highest BCUT2D eigenvalue weighted by molar-refractivity contribution is 7.09. The van der Waals surface area contributed by atoms with E-state index in [1.54, 1.807) is 17.5 Å². The normalized spacial score (nSPS) is 12.7. The van der Waals surface area contributed by atoms with Crippen LogP contribution in [0, 0.1) is 13.8 Å². The number of aromatic nitrogens is 3. The van der Waals surface area contributed by atoms with Gasteiger partial charge in [-0.3, -0.25) is 0 Å². The molecule has 2 aromatic rings. The Labute approximate surface area is 98.0 Å². The van der Waals surface area contributed by atoms with Crippen LogP contribution in [0.15, 0.2) is 17.6 Å². The first-order valence-electron chi connectivity index (χ1n) is 5.04. The van der Waals surface area contributed by atoms with Gasteiger partial charge in [0.2, 0.25) is 0 Å². The maximum Gasteiger partial charge on any atom is 0.0954 e. The summed E-state index contributed by atoms with van der Waals surface area (Å²) in [6.45, 7) is 3.72. The third-order valence-electron chi connectivity index (χ3n) is 2.35. The molecule has 5 heteroatoms. The van der Waals surface area contributed by atoms with Crippen LogP contribution in [0.25, 0.3) is 0 Å². The van der Waals surface area contributed by atoms with E-state index in [4.69, 9.17) is 0 Å². The lowest BCUT2D eigenvalue weighted by atomic mass is 10.1. The quantitative estimate of drug-likeness (QED) is 0.881. The molecule has 1 N–H and O–H groups in total. The molecule has 2 rings (SSSR count). The largest absolute Gasteiger partial charge is 0.388 e. The van der Waals surface area contributed by atoms with E-state index in [0.717, 1.165) is 22.0 Å². The van der Waals surface area contributed by atoms with Gasteiger partial charge in [0.25, 0.3) is 0 Å². The van der Waals surface area contributed by atoms with Crippen molar-refractivity contribution in [2.75, 3.05) is 0 Å². The Balaban J connectivity index is 2.20. The first-order valence-corrected chi connectivity index (χ1v) is 5.92. The van der Waals surface area contributed by atoms with E-state index < -0.39 is 6.10 Å². The smallest absolute Gasteiger partial charge is 0.0954 e. The highest BCUT2D eigenvalue weighted by Crippen LogP contribution is 2.21. The summed E-state index contributed by atoms with van der Waals surface area (Å²) in [7, 11) is 0. The van der Waals surface area contributed by atoms with Crippen LogP contribution in [0.2, 0.25) is 0 Å². The number of aryl methyl sites for hydroxylation is 2. The van der Waals surface area contributed by atoms with E-state index in [9.17, 15) is 5.11 Å². The molecule has 2 aromatic heterocycles. The molecule has 0 aromatic carbocycles. The van der Waals surface area contributed by atoms with E-state index in [-0.39, 0.29) is 0 Å². The summed E-state index contributed by atoms with van der Waals surface area (Å²) >= 11 is 1.55. The third kappa shape index (κ3) is 2.43.